The van der Waals surface area contributed by atoms with Gasteiger partial charge in [-0.1, -0.05) is 48.5 Å². The van der Waals surface area contributed by atoms with E-state index in [1.165, 1.54) is 4.31 Å². The van der Waals surface area contributed by atoms with Crippen LogP contribution in [0.25, 0.3) is 0 Å². The number of sulfonamides is 1. The average molecular weight is 358 g/mol. The Hall–Kier alpha value is -2.34. The minimum atomic E-state index is -3.50. The maximum Gasteiger partial charge on any atom is 0.235 e. The van der Waals surface area contributed by atoms with Crippen LogP contribution in [0.3, 0.4) is 0 Å². The molecule has 0 saturated carbocycles. The van der Waals surface area contributed by atoms with Gasteiger partial charge in [-0.3, -0.25) is 9.10 Å². The van der Waals surface area contributed by atoms with E-state index in [9.17, 15) is 13.2 Å². The quantitative estimate of drug-likeness (QED) is 0.863. The second-order valence-electron chi connectivity index (χ2n) is 6.13. The number of carbonyl (C=O) groups excluding carboxylic acids is 1. The lowest BCUT2D eigenvalue weighted by Crippen LogP contribution is -2.38. The van der Waals surface area contributed by atoms with Gasteiger partial charge in [-0.05, 0) is 30.0 Å². The molecule has 0 aromatic heterocycles. The van der Waals surface area contributed by atoms with E-state index in [2.05, 4.69) is 5.32 Å². The molecule has 2 aromatic carbocycles. The van der Waals surface area contributed by atoms with Gasteiger partial charge in [0.05, 0.1) is 11.4 Å². The Labute approximate surface area is 148 Å². The lowest BCUT2D eigenvalue weighted by atomic mass is 10.0. The number of anilines is 1. The number of hydrogen-bond acceptors (Lipinski definition) is 3. The van der Waals surface area contributed by atoms with Crippen LogP contribution in [0.5, 0.6) is 0 Å². The summed E-state index contributed by atoms with van der Waals surface area (Å²) in [5.74, 6) is -0.431. The zero-order chi connectivity index (χ0) is 17.7. The number of amides is 1. The normalized spacial score (nSPS) is 14.0. The lowest BCUT2D eigenvalue weighted by molar-refractivity contribution is -0.120. The standard InChI is InChI=1S/C19H22N2O3S/c22-19(20-15-16-7-2-1-3-8-16)12-14-25(23,24)21-13-6-10-17-9-4-5-11-18(17)21/h1-5,7-9,11H,6,10,12-15H2,(H,20,22). The molecule has 5 nitrogen and oxygen atoms in total. The maximum atomic E-state index is 12.7. The predicted molar refractivity (Wildman–Crippen MR) is 98.8 cm³/mol. The van der Waals surface area contributed by atoms with E-state index in [4.69, 9.17) is 0 Å². The summed E-state index contributed by atoms with van der Waals surface area (Å²) < 4.78 is 26.8. The molecular formula is C19H22N2O3S. The molecule has 132 valence electrons. The number of benzene rings is 2. The molecule has 1 N–H and O–H groups in total. The fourth-order valence-corrected chi connectivity index (χ4v) is 4.55. The van der Waals surface area contributed by atoms with Gasteiger partial charge >= 0.3 is 0 Å². The zero-order valence-corrected chi connectivity index (χ0v) is 14.8. The Kier molecular flexibility index (Phi) is 5.38. The van der Waals surface area contributed by atoms with E-state index >= 15 is 0 Å². The molecule has 0 atom stereocenters. The van der Waals surface area contributed by atoms with Gasteiger partial charge in [-0.15, -0.1) is 0 Å². The largest absolute Gasteiger partial charge is 0.352 e. The average Bonchev–Trinajstić information content (AvgIpc) is 2.65. The fraction of sp³-hybridized carbons (Fsp3) is 0.316. The van der Waals surface area contributed by atoms with Crippen LogP contribution in [0.2, 0.25) is 0 Å². The summed E-state index contributed by atoms with van der Waals surface area (Å²) >= 11 is 0. The number of para-hydroxylation sites is 1. The number of fused-ring (bicyclic) bond motifs is 1. The highest BCUT2D eigenvalue weighted by atomic mass is 32.2. The monoisotopic (exact) mass is 358 g/mol. The molecule has 1 amide bonds. The van der Waals surface area contributed by atoms with Crippen molar-refractivity contribution in [3.63, 3.8) is 0 Å². The van der Waals surface area contributed by atoms with Crippen LogP contribution in [0, 0.1) is 0 Å². The van der Waals surface area contributed by atoms with Crippen LogP contribution in [-0.2, 0) is 27.8 Å². The van der Waals surface area contributed by atoms with E-state index in [-0.39, 0.29) is 18.1 Å². The van der Waals surface area contributed by atoms with Crippen molar-refractivity contribution < 1.29 is 13.2 Å². The van der Waals surface area contributed by atoms with Crippen LogP contribution >= 0.6 is 0 Å². The van der Waals surface area contributed by atoms with E-state index in [0.29, 0.717) is 13.1 Å². The fourth-order valence-electron chi connectivity index (χ4n) is 3.00. The lowest BCUT2D eigenvalue weighted by Gasteiger charge is -2.30. The molecule has 25 heavy (non-hydrogen) atoms. The Morgan fingerprint density at radius 1 is 1.04 bits per heavy atom. The Morgan fingerprint density at radius 3 is 2.56 bits per heavy atom. The summed E-state index contributed by atoms with van der Waals surface area (Å²) in [7, 11) is -3.50. The Bertz CT molecular complexity index is 835. The number of hydrogen-bond donors (Lipinski definition) is 1. The van der Waals surface area contributed by atoms with Crippen LogP contribution in [0.15, 0.2) is 54.6 Å². The van der Waals surface area contributed by atoms with E-state index in [0.717, 1.165) is 29.7 Å². The molecule has 1 aliphatic rings. The Balaban J connectivity index is 1.58. The molecule has 0 saturated heterocycles. The van der Waals surface area contributed by atoms with Crippen molar-refractivity contribution in [2.45, 2.75) is 25.8 Å². The highest BCUT2D eigenvalue weighted by Gasteiger charge is 2.27. The predicted octanol–water partition coefficient (Wildman–Crippen LogP) is 2.48. The van der Waals surface area contributed by atoms with Crippen LogP contribution < -0.4 is 9.62 Å². The zero-order valence-electron chi connectivity index (χ0n) is 14.0. The van der Waals surface area contributed by atoms with Gasteiger partial charge in [0.15, 0.2) is 0 Å². The highest BCUT2D eigenvalue weighted by molar-refractivity contribution is 7.92. The second-order valence-corrected chi connectivity index (χ2v) is 8.15. The third-order valence-electron chi connectivity index (χ3n) is 4.32. The molecule has 0 radical (unpaired) electrons. The van der Waals surface area contributed by atoms with Gasteiger partial charge in [0, 0.05) is 19.5 Å². The highest BCUT2D eigenvalue weighted by Crippen LogP contribution is 2.29. The van der Waals surface area contributed by atoms with Crippen molar-refractivity contribution in [3.8, 4) is 0 Å². The minimum Gasteiger partial charge on any atom is -0.352 e. The van der Waals surface area contributed by atoms with Gasteiger partial charge in [0.25, 0.3) is 0 Å². The summed E-state index contributed by atoms with van der Waals surface area (Å²) in [5.41, 5.74) is 2.79. The van der Waals surface area contributed by atoms with Gasteiger partial charge < -0.3 is 5.32 Å². The number of nitrogens with one attached hydrogen (secondary N) is 1. The third-order valence-corrected chi connectivity index (χ3v) is 6.09. The molecule has 0 bridgehead atoms. The third kappa shape index (κ3) is 4.39. The van der Waals surface area contributed by atoms with Crippen LogP contribution in [-0.4, -0.2) is 26.6 Å². The summed E-state index contributed by atoms with van der Waals surface area (Å²) in [6.07, 6.45) is 1.66. The molecule has 0 spiro atoms. The molecule has 1 heterocycles. The van der Waals surface area contributed by atoms with Gasteiger partial charge in [-0.2, -0.15) is 0 Å². The summed E-state index contributed by atoms with van der Waals surface area (Å²) in [4.78, 5) is 12.0. The van der Waals surface area contributed by atoms with Gasteiger partial charge in [-0.25, -0.2) is 8.42 Å². The van der Waals surface area contributed by atoms with Crippen molar-refractivity contribution in [2.75, 3.05) is 16.6 Å². The molecule has 2 aromatic rings. The molecule has 1 aliphatic heterocycles. The van der Waals surface area contributed by atoms with Gasteiger partial charge in [0.2, 0.25) is 15.9 Å². The van der Waals surface area contributed by atoms with Crippen LogP contribution in [0.1, 0.15) is 24.0 Å². The molecule has 3 rings (SSSR count). The SMILES string of the molecule is O=C(CCS(=O)(=O)N1CCCc2ccccc21)NCc1ccccc1. The topological polar surface area (TPSA) is 66.5 Å². The number of rotatable bonds is 6. The minimum absolute atomic E-state index is 0.0339. The summed E-state index contributed by atoms with van der Waals surface area (Å²) in [6.45, 7) is 0.886. The van der Waals surface area contributed by atoms with E-state index in [1.54, 1.807) is 0 Å². The molecule has 0 aliphatic carbocycles. The van der Waals surface area contributed by atoms with E-state index in [1.807, 2.05) is 54.6 Å². The second kappa shape index (κ2) is 7.70. The number of aryl methyl sites for hydroxylation is 1. The van der Waals surface area contributed by atoms with Crippen molar-refractivity contribution in [1.29, 1.82) is 0 Å². The first-order valence-electron chi connectivity index (χ1n) is 8.45. The van der Waals surface area contributed by atoms with Crippen molar-refractivity contribution in [1.82, 2.24) is 5.32 Å². The summed E-state index contributed by atoms with van der Waals surface area (Å²) in [5, 5.41) is 2.77. The van der Waals surface area contributed by atoms with Gasteiger partial charge in [0.1, 0.15) is 0 Å². The van der Waals surface area contributed by atoms with Crippen molar-refractivity contribution >= 4 is 21.6 Å². The smallest absolute Gasteiger partial charge is 0.235 e. The first kappa shape index (κ1) is 17.5. The first-order chi connectivity index (χ1) is 12.1. The van der Waals surface area contributed by atoms with Crippen LogP contribution in [0.4, 0.5) is 5.69 Å². The van der Waals surface area contributed by atoms with E-state index < -0.39 is 10.0 Å². The maximum absolute atomic E-state index is 12.7. The number of carbonyl (C=O) groups is 1. The molecule has 0 fully saturated rings. The summed E-state index contributed by atoms with van der Waals surface area (Å²) in [6, 6.07) is 17.1. The first-order valence-corrected chi connectivity index (χ1v) is 10.1. The number of nitrogens with zero attached hydrogens (tertiary/aromatic N) is 1. The molecule has 0 unspecified atom stereocenters. The van der Waals surface area contributed by atoms with Crippen molar-refractivity contribution in [3.05, 3.63) is 65.7 Å². The molecule has 6 heteroatoms. The van der Waals surface area contributed by atoms with Crippen molar-refractivity contribution in [2.24, 2.45) is 0 Å². The molecular weight excluding hydrogens is 336 g/mol. The Morgan fingerprint density at radius 2 is 1.76 bits per heavy atom.